The first-order chi connectivity index (χ1) is 13.6. The maximum absolute atomic E-state index is 12.8. The van der Waals surface area contributed by atoms with Crippen LogP contribution in [-0.2, 0) is 6.42 Å². The molecule has 150 valence electrons. The summed E-state index contributed by atoms with van der Waals surface area (Å²) in [5.41, 5.74) is 3.37. The predicted octanol–water partition coefficient (Wildman–Crippen LogP) is 3.70. The summed E-state index contributed by atoms with van der Waals surface area (Å²) in [7, 11) is 0. The van der Waals surface area contributed by atoms with Crippen molar-refractivity contribution in [1.29, 1.82) is 0 Å². The maximum Gasteiger partial charge on any atom is 0.274 e. The molecule has 5 nitrogen and oxygen atoms in total. The fourth-order valence-corrected chi connectivity index (χ4v) is 5.05. The molecule has 2 aromatic rings. The topological polar surface area (TPSA) is 52.2 Å². The van der Waals surface area contributed by atoms with Crippen molar-refractivity contribution in [3.05, 3.63) is 53.3 Å². The van der Waals surface area contributed by atoms with Crippen LogP contribution in [0.5, 0.6) is 0 Å². The van der Waals surface area contributed by atoms with Gasteiger partial charge in [0.2, 0.25) is 0 Å². The molecule has 2 aliphatic heterocycles. The van der Waals surface area contributed by atoms with E-state index in [-0.39, 0.29) is 5.91 Å². The van der Waals surface area contributed by atoms with Gasteiger partial charge in [-0.25, -0.2) is 0 Å². The Labute approximate surface area is 168 Å². The number of likely N-dealkylation sites (tertiary alicyclic amines) is 2. The molecule has 0 saturated carbocycles. The SMILES string of the molecule is CCc1cc(C(=O)N2CCC3(CC2)C[C@H](c2ccccc2)CN(CC)C3)n[nH]1. The van der Waals surface area contributed by atoms with E-state index in [1.54, 1.807) is 0 Å². The number of carbonyl (C=O) groups is 1. The molecule has 1 N–H and O–H groups in total. The number of nitrogens with zero attached hydrogens (tertiary/aromatic N) is 3. The van der Waals surface area contributed by atoms with Gasteiger partial charge in [0.25, 0.3) is 5.91 Å². The molecule has 5 heteroatoms. The maximum atomic E-state index is 12.8. The number of aromatic nitrogens is 2. The van der Waals surface area contributed by atoms with Crippen LogP contribution < -0.4 is 0 Å². The number of likely N-dealkylation sites (N-methyl/N-ethyl adjacent to an activating group) is 1. The first kappa shape index (κ1) is 19.2. The van der Waals surface area contributed by atoms with Gasteiger partial charge in [0.05, 0.1) is 0 Å². The van der Waals surface area contributed by atoms with E-state index in [9.17, 15) is 4.79 Å². The van der Waals surface area contributed by atoms with Crippen LogP contribution in [0, 0.1) is 5.41 Å². The molecule has 1 aromatic heterocycles. The summed E-state index contributed by atoms with van der Waals surface area (Å²) in [4.78, 5) is 17.5. The number of aryl methyl sites for hydroxylation is 1. The smallest absolute Gasteiger partial charge is 0.274 e. The summed E-state index contributed by atoms with van der Waals surface area (Å²) in [6.07, 6.45) is 4.28. The summed E-state index contributed by atoms with van der Waals surface area (Å²) < 4.78 is 0. The van der Waals surface area contributed by atoms with Crippen LogP contribution in [0.2, 0.25) is 0 Å². The van der Waals surface area contributed by atoms with E-state index >= 15 is 0 Å². The number of aromatic amines is 1. The molecule has 1 aromatic carbocycles. The number of H-pyrrole nitrogens is 1. The quantitative estimate of drug-likeness (QED) is 0.880. The van der Waals surface area contributed by atoms with E-state index in [0.29, 0.717) is 17.0 Å². The van der Waals surface area contributed by atoms with Crippen molar-refractivity contribution in [2.75, 3.05) is 32.7 Å². The molecule has 0 bridgehead atoms. The minimum atomic E-state index is 0.0774. The third-order valence-corrected chi connectivity index (χ3v) is 6.78. The molecule has 28 heavy (non-hydrogen) atoms. The molecule has 0 radical (unpaired) electrons. The summed E-state index contributed by atoms with van der Waals surface area (Å²) in [5, 5.41) is 7.18. The molecule has 1 atom stereocenters. The largest absolute Gasteiger partial charge is 0.337 e. The van der Waals surface area contributed by atoms with Crippen LogP contribution in [0.1, 0.15) is 60.8 Å². The number of piperidine rings is 2. The summed E-state index contributed by atoms with van der Waals surface area (Å²) in [6.45, 7) is 9.43. The lowest BCUT2D eigenvalue weighted by atomic mass is 9.68. The van der Waals surface area contributed by atoms with Crippen molar-refractivity contribution in [3.8, 4) is 0 Å². The van der Waals surface area contributed by atoms with Gasteiger partial charge in [0.15, 0.2) is 0 Å². The highest BCUT2D eigenvalue weighted by molar-refractivity contribution is 5.92. The lowest BCUT2D eigenvalue weighted by Crippen LogP contribution is -2.52. The van der Waals surface area contributed by atoms with Gasteiger partial charge in [-0.15, -0.1) is 0 Å². The van der Waals surface area contributed by atoms with Crippen LogP contribution >= 0.6 is 0 Å². The highest BCUT2D eigenvalue weighted by atomic mass is 16.2. The van der Waals surface area contributed by atoms with E-state index in [4.69, 9.17) is 0 Å². The molecule has 0 unspecified atom stereocenters. The zero-order valence-corrected chi connectivity index (χ0v) is 17.2. The standard InChI is InChI=1S/C23H32N4O/c1-3-20-14-21(25-24-20)22(28)27-12-10-23(11-13-27)15-19(16-26(4-2)17-23)18-8-6-5-7-9-18/h5-9,14,19H,3-4,10-13,15-17H2,1-2H3,(H,24,25)/t19-/m0/s1. The van der Waals surface area contributed by atoms with Crippen LogP contribution in [0.25, 0.3) is 0 Å². The lowest BCUT2D eigenvalue weighted by molar-refractivity contribution is 0.0156. The Hall–Kier alpha value is -2.14. The summed E-state index contributed by atoms with van der Waals surface area (Å²) in [6, 6.07) is 12.9. The molecule has 1 amide bonds. The van der Waals surface area contributed by atoms with Gasteiger partial charge in [-0.3, -0.25) is 9.89 Å². The van der Waals surface area contributed by atoms with Gasteiger partial charge < -0.3 is 9.80 Å². The molecule has 0 aliphatic carbocycles. The first-order valence-corrected chi connectivity index (χ1v) is 10.7. The van der Waals surface area contributed by atoms with Crippen LogP contribution in [0.4, 0.5) is 0 Å². The van der Waals surface area contributed by atoms with E-state index in [0.717, 1.165) is 57.7 Å². The van der Waals surface area contributed by atoms with Crippen LogP contribution in [0.15, 0.2) is 36.4 Å². The molecular weight excluding hydrogens is 348 g/mol. The zero-order valence-electron chi connectivity index (χ0n) is 17.2. The minimum absolute atomic E-state index is 0.0774. The van der Waals surface area contributed by atoms with Crippen molar-refractivity contribution < 1.29 is 4.79 Å². The second-order valence-corrected chi connectivity index (χ2v) is 8.56. The minimum Gasteiger partial charge on any atom is -0.337 e. The molecule has 3 heterocycles. The molecular formula is C23H32N4O. The van der Waals surface area contributed by atoms with Crippen molar-refractivity contribution in [2.45, 2.75) is 45.4 Å². The number of hydrogen-bond donors (Lipinski definition) is 1. The average Bonchev–Trinajstić information content (AvgIpc) is 3.23. The van der Waals surface area contributed by atoms with Gasteiger partial charge in [-0.2, -0.15) is 5.10 Å². The van der Waals surface area contributed by atoms with Crippen LogP contribution in [0.3, 0.4) is 0 Å². The zero-order chi connectivity index (χ0) is 19.6. The predicted molar refractivity (Wildman–Crippen MR) is 111 cm³/mol. The number of carbonyl (C=O) groups excluding carboxylic acids is 1. The van der Waals surface area contributed by atoms with Crippen molar-refractivity contribution in [1.82, 2.24) is 20.0 Å². The number of benzene rings is 1. The van der Waals surface area contributed by atoms with Crippen molar-refractivity contribution >= 4 is 5.91 Å². The fourth-order valence-electron chi connectivity index (χ4n) is 5.05. The van der Waals surface area contributed by atoms with Crippen molar-refractivity contribution in [2.24, 2.45) is 5.41 Å². The summed E-state index contributed by atoms with van der Waals surface area (Å²) in [5.74, 6) is 0.671. The number of hydrogen-bond acceptors (Lipinski definition) is 3. The number of rotatable bonds is 4. The average molecular weight is 381 g/mol. The lowest BCUT2D eigenvalue weighted by Gasteiger charge is -2.50. The third kappa shape index (κ3) is 3.86. The van der Waals surface area contributed by atoms with E-state index < -0.39 is 0 Å². The monoisotopic (exact) mass is 380 g/mol. The second-order valence-electron chi connectivity index (χ2n) is 8.56. The number of nitrogens with one attached hydrogen (secondary N) is 1. The van der Waals surface area contributed by atoms with Gasteiger partial charge in [0.1, 0.15) is 5.69 Å². The Kier molecular flexibility index (Phi) is 5.54. The highest BCUT2D eigenvalue weighted by Crippen LogP contribution is 2.45. The van der Waals surface area contributed by atoms with Gasteiger partial charge in [0, 0.05) is 31.9 Å². The van der Waals surface area contributed by atoms with Crippen molar-refractivity contribution in [3.63, 3.8) is 0 Å². The highest BCUT2D eigenvalue weighted by Gasteiger charge is 2.42. The van der Waals surface area contributed by atoms with Gasteiger partial charge >= 0.3 is 0 Å². The Bertz CT molecular complexity index is 792. The molecule has 4 rings (SSSR count). The molecule has 2 fully saturated rings. The molecule has 1 spiro atoms. The Morgan fingerprint density at radius 3 is 2.61 bits per heavy atom. The van der Waals surface area contributed by atoms with Gasteiger partial charge in [-0.05, 0) is 55.2 Å². The third-order valence-electron chi connectivity index (χ3n) is 6.78. The molecule has 2 saturated heterocycles. The normalized spacial score (nSPS) is 22.5. The number of amides is 1. The Morgan fingerprint density at radius 1 is 1.21 bits per heavy atom. The Morgan fingerprint density at radius 2 is 1.96 bits per heavy atom. The van der Waals surface area contributed by atoms with E-state index in [2.05, 4.69) is 59.3 Å². The Balaban J connectivity index is 1.45. The second kappa shape index (κ2) is 8.08. The van der Waals surface area contributed by atoms with Gasteiger partial charge in [-0.1, -0.05) is 44.2 Å². The van der Waals surface area contributed by atoms with E-state index in [1.807, 2.05) is 11.0 Å². The molecule has 2 aliphatic rings. The van der Waals surface area contributed by atoms with Crippen LogP contribution in [-0.4, -0.2) is 58.6 Å². The fraction of sp³-hybridized carbons (Fsp3) is 0.565. The first-order valence-electron chi connectivity index (χ1n) is 10.7. The van der Waals surface area contributed by atoms with E-state index in [1.165, 1.54) is 12.0 Å². The summed E-state index contributed by atoms with van der Waals surface area (Å²) >= 11 is 0.